The largest absolute Gasteiger partial charge is 0.380 e. The second-order valence-corrected chi connectivity index (χ2v) is 4.48. The summed E-state index contributed by atoms with van der Waals surface area (Å²) in [5.74, 6) is 0. The average Bonchev–Trinajstić information content (AvgIpc) is 2.67. The van der Waals surface area contributed by atoms with E-state index in [0.717, 1.165) is 39.3 Å². The van der Waals surface area contributed by atoms with Crippen LogP contribution >= 0.6 is 0 Å². The van der Waals surface area contributed by atoms with Crippen LogP contribution in [0.25, 0.3) is 0 Å². The van der Waals surface area contributed by atoms with E-state index in [1.54, 1.807) is 0 Å². The molecule has 0 aromatic carbocycles. The first-order valence-electron chi connectivity index (χ1n) is 6.75. The molecule has 0 N–H and O–H groups in total. The van der Waals surface area contributed by atoms with Crippen LogP contribution in [0.2, 0.25) is 0 Å². The third-order valence-electron chi connectivity index (χ3n) is 3.25. The zero-order valence-electron chi connectivity index (χ0n) is 11.1. The molecule has 3 nitrogen and oxygen atoms in total. The molecule has 0 bridgehead atoms. The van der Waals surface area contributed by atoms with Gasteiger partial charge >= 0.3 is 0 Å². The van der Waals surface area contributed by atoms with Crippen molar-refractivity contribution in [3.8, 4) is 0 Å². The molecule has 1 rings (SSSR count). The van der Waals surface area contributed by atoms with Crippen LogP contribution < -0.4 is 0 Å². The smallest absolute Gasteiger partial charge is 0.0717 e. The summed E-state index contributed by atoms with van der Waals surface area (Å²) in [4.78, 5) is 2.48. The van der Waals surface area contributed by atoms with Crippen LogP contribution in [0.3, 0.4) is 0 Å². The molecule has 0 spiro atoms. The number of rotatable bonds is 8. The summed E-state index contributed by atoms with van der Waals surface area (Å²) >= 11 is 0. The lowest BCUT2D eigenvalue weighted by molar-refractivity contribution is 0.0683. The number of hydrogen-bond donors (Lipinski definition) is 0. The Bertz CT molecular complexity index is 175. The van der Waals surface area contributed by atoms with E-state index in [9.17, 15) is 0 Å². The Labute approximate surface area is 100 Å². The Morgan fingerprint density at radius 3 is 2.69 bits per heavy atom. The maximum absolute atomic E-state index is 5.72. The van der Waals surface area contributed by atoms with Gasteiger partial charge in [0.2, 0.25) is 0 Å². The molecule has 1 saturated heterocycles. The minimum absolute atomic E-state index is 0.421. The van der Waals surface area contributed by atoms with Gasteiger partial charge in [-0.25, -0.2) is 0 Å². The van der Waals surface area contributed by atoms with Gasteiger partial charge in [0.25, 0.3) is 0 Å². The Morgan fingerprint density at radius 2 is 2.06 bits per heavy atom. The van der Waals surface area contributed by atoms with Crippen molar-refractivity contribution in [2.24, 2.45) is 0 Å². The summed E-state index contributed by atoms with van der Waals surface area (Å²) in [5, 5.41) is 0. The molecule has 0 saturated carbocycles. The van der Waals surface area contributed by atoms with Gasteiger partial charge in [-0.05, 0) is 26.3 Å². The molecular weight excluding hydrogens is 202 g/mol. The van der Waals surface area contributed by atoms with Crippen LogP contribution in [0.5, 0.6) is 0 Å². The van der Waals surface area contributed by atoms with Gasteiger partial charge in [0.15, 0.2) is 0 Å². The van der Waals surface area contributed by atoms with Gasteiger partial charge in [0.05, 0.1) is 12.7 Å². The summed E-state index contributed by atoms with van der Waals surface area (Å²) in [7, 11) is 0. The molecule has 0 aliphatic carbocycles. The van der Waals surface area contributed by atoms with Crippen molar-refractivity contribution < 1.29 is 9.47 Å². The van der Waals surface area contributed by atoms with Crippen molar-refractivity contribution >= 4 is 0 Å². The summed E-state index contributed by atoms with van der Waals surface area (Å²) < 4.78 is 11.4. The standard InChI is InChI=1S/C13H27NO2/c1-4-7-8-15-11-12-9-13(16-6-3)10-14(12)5-2/h12-13H,4-11H2,1-3H3. The Balaban J connectivity index is 2.22. The van der Waals surface area contributed by atoms with Gasteiger partial charge in [-0.15, -0.1) is 0 Å². The second-order valence-electron chi connectivity index (χ2n) is 4.48. The van der Waals surface area contributed by atoms with Gasteiger partial charge in [0, 0.05) is 25.8 Å². The lowest BCUT2D eigenvalue weighted by Crippen LogP contribution is -2.33. The SMILES string of the molecule is CCCCOCC1CC(OCC)CN1CC. The molecule has 0 radical (unpaired) electrons. The summed E-state index contributed by atoms with van der Waals surface area (Å²) in [5.41, 5.74) is 0. The van der Waals surface area contributed by atoms with Crippen molar-refractivity contribution in [3.63, 3.8) is 0 Å². The first-order valence-corrected chi connectivity index (χ1v) is 6.75. The summed E-state index contributed by atoms with van der Waals surface area (Å²) in [6.45, 7) is 11.3. The first kappa shape index (κ1) is 13.9. The fourth-order valence-corrected chi connectivity index (χ4v) is 2.32. The van der Waals surface area contributed by atoms with Crippen LogP contribution in [0.1, 0.15) is 40.0 Å². The minimum atomic E-state index is 0.421. The fraction of sp³-hybridized carbons (Fsp3) is 1.00. The summed E-state index contributed by atoms with van der Waals surface area (Å²) in [6, 6.07) is 0.568. The number of likely N-dealkylation sites (tertiary alicyclic amines) is 1. The highest BCUT2D eigenvalue weighted by Crippen LogP contribution is 2.20. The zero-order chi connectivity index (χ0) is 11.8. The Morgan fingerprint density at radius 1 is 1.25 bits per heavy atom. The highest BCUT2D eigenvalue weighted by atomic mass is 16.5. The van der Waals surface area contributed by atoms with Gasteiger partial charge < -0.3 is 9.47 Å². The lowest BCUT2D eigenvalue weighted by atomic mass is 10.2. The molecule has 3 heteroatoms. The van der Waals surface area contributed by atoms with E-state index >= 15 is 0 Å². The fourth-order valence-electron chi connectivity index (χ4n) is 2.32. The molecule has 0 aromatic rings. The van der Waals surface area contributed by atoms with Crippen LogP contribution in [0.4, 0.5) is 0 Å². The predicted molar refractivity (Wildman–Crippen MR) is 66.8 cm³/mol. The van der Waals surface area contributed by atoms with Gasteiger partial charge in [-0.3, -0.25) is 4.90 Å². The summed E-state index contributed by atoms with van der Waals surface area (Å²) in [6.07, 6.45) is 3.94. The van der Waals surface area contributed by atoms with Crippen LogP contribution in [0, 0.1) is 0 Å². The lowest BCUT2D eigenvalue weighted by Gasteiger charge is -2.21. The van der Waals surface area contributed by atoms with Crippen molar-refractivity contribution in [1.82, 2.24) is 4.90 Å². The molecule has 2 atom stereocenters. The maximum atomic E-state index is 5.72. The molecular formula is C13H27NO2. The maximum Gasteiger partial charge on any atom is 0.0717 e. The zero-order valence-corrected chi connectivity index (χ0v) is 11.1. The number of nitrogens with zero attached hydrogens (tertiary/aromatic N) is 1. The monoisotopic (exact) mass is 229 g/mol. The number of unbranched alkanes of at least 4 members (excludes halogenated alkanes) is 1. The Kier molecular flexibility index (Phi) is 7.01. The molecule has 0 aromatic heterocycles. The Hall–Kier alpha value is -0.120. The van der Waals surface area contributed by atoms with E-state index < -0.39 is 0 Å². The van der Waals surface area contributed by atoms with E-state index in [0.29, 0.717) is 12.1 Å². The van der Waals surface area contributed by atoms with Gasteiger partial charge in [-0.1, -0.05) is 20.3 Å². The molecule has 1 heterocycles. The average molecular weight is 229 g/mol. The highest BCUT2D eigenvalue weighted by molar-refractivity contribution is 4.85. The molecule has 96 valence electrons. The third kappa shape index (κ3) is 4.40. The van der Waals surface area contributed by atoms with Crippen molar-refractivity contribution in [3.05, 3.63) is 0 Å². The predicted octanol–water partition coefficient (Wildman–Crippen LogP) is 2.30. The minimum Gasteiger partial charge on any atom is -0.380 e. The van der Waals surface area contributed by atoms with E-state index in [4.69, 9.17) is 9.47 Å². The van der Waals surface area contributed by atoms with Gasteiger partial charge in [-0.2, -0.15) is 0 Å². The molecule has 1 fully saturated rings. The van der Waals surface area contributed by atoms with Gasteiger partial charge in [0.1, 0.15) is 0 Å². The van der Waals surface area contributed by atoms with E-state index in [1.807, 2.05) is 0 Å². The first-order chi connectivity index (χ1) is 7.81. The molecule has 1 aliphatic rings. The topological polar surface area (TPSA) is 21.7 Å². The van der Waals surface area contributed by atoms with Crippen molar-refractivity contribution in [2.75, 3.05) is 32.9 Å². The second kappa shape index (κ2) is 8.04. The van der Waals surface area contributed by atoms with E-state index in [1.165, 1.54) is 12.8 Å². The molecule has 2 unspecified atom stereocenters. The molecule has 0 amide bonds. The third-order valence-corrected chi connectivity index (χ3v) is 3.25. The normalized spacial score (nSPS) is 26.4. The van der Waals surface area contributed by atoms with Crippen LogP contribution in [-0.2, 0) is 9.47 Å². The molecule has 16 heavy (non-hydrogen) atoms. The van der Waals surface area contributed by atoms with E-state index in [-0.39, 0.29) is 0 Å². The quantitative estimate of drug-likeness (QED) is 0.596. The molecule has 1 aliphatic heterocycles. The number of ether oxygens (including phenoxy) is 2. The van der Waals surface area contributed by atoms with Crippen LogP contribution in [0.15, 0.2) is 0 Å². The van der Waals surface area contributed by atoms with Crippen molar-refractivity contribution in [1.29, 1.82) is 0 Å². The highest BCUT2D eigenvalue weighted by Gasteiger charge is 2.31. The number of likely N-dealkylation sites (N-methyl/N-ethyl adjacent to an activating group) is 1. The van der Waals surface area contributed by atoms with E-state index in [2.05, 4.69) is 25.7 Å². The van der Waals surface area contributed by atoms with Crippen molar-refractivity contribution in [2.45, 2.75) is 52.2 Å². The van der Waals surface area contributed by atoms with Crippen LogP contribution in [-0.4, -0.2) is 50.0 Å². The number of hydrogen-bond acceptors (Lipinski definition) is 3.